The maximum atomic E-state index is 5.69. The van der Waals surface area contributed by atoms with Crippen molar-refractivity contribution in [1.29, 1.82) is 0 Å². The Morgan fingerprint density at radius 1 is 0.952 bits per heavy atom. The molecular weight excluding hydrogens is 282 g/mol. The number of ether oxygens (including phenoxy) is 1. The number of rotatable bonds is 6. The zero-order valence-electron chi connectivity index (χ0n) is 11.8. The summed E-state index contributed by atoms with van der Waals surface area (Å²) in [6.45, 7) is 0.724. The molecule has 0 amide bonds. The van der Waals surface area contributed by atoms with Crippen LogP contribution in [0.2, 0.25) is 0 Å². The number of halogens is 1. The van der Waals surface area contributed by atoms with Crippen molar-refractivity contribution < 1.29 is 4.74 Å². The van der Waals surface area contributed by atoms with Crippen molar-refractivity contribution in [2.75, 3.05) is 12.5 Å². The third-order valence-corrected chi connectivity index (χ3v) is 3.76. The molecule has 0 aliphatic heterocycles. The van der Waals surface area contributed by atoms with Crippen LogP contribution >= 0.6 is 11.6 Å². The van der Waals surface area contributed by atoms with Crippen LogP contribution in [0.4, 0.5) is 0 Å². The van der Waals surface area contributed by atoms with E-state index in [1.807, 2.05) is 18.2 Å². The second-order valence-corrected chi connectivity index (χ2v) is 5.41. The molecule has 0 N–H and O–H groups in total. The molecule has 0 saturated heterocycles. The molecule has 21 heavy (non-hydrogen) atoms. The van der Waals surface area contributed by atoms with Crippen LogP contribution in [0.5, 0.6) is 5.75 Å². The first-order valence-electron chi connectivity index (χ1n) is 7.23. The zero-order valence-corrected chi connectivity index (χ0v) is 12.6. The number of fused-ring (bicyclic) bond motifs is 1. The van der Waals surface area contributed by atoms with Gasteiger partial charge in [0.1, 0.15) is 5.75 Å². The van der Waals surface area contributed by atoms with Crippen LogP contribution in [-0.4, -0.2) is 16.9 Å². The Hall–Kier alpha value is -1.93. The molecule has 0 radical (unpaired) electrons. The molecule has 2 heterocycles. The van der Waals surface area contributed by atoms with E-state index < -0.39 is 0 Å². The molecule has 0 atom stereocenters. The molecule has 2 aromatic heterocycles. The summed E-state index contributed by atoms with van der Waals surface area (Å²) in [5.41, 5.74) is 3.62. The first kappa shape index (κ1) is 14.0. The van der Waals surface area contributed by atoms with Crippen molar-refractivity contribution in [3.8, 4) is 16.9 Å². The van der Waals surface area contributed by atoms with Gasteiger partial charge in [-0.05, 0) is 48.7 Å². The van der Waals surface area contributed by atoms with E-state index in [9.17, 15) is 0 Å². The van der Waals surface area contributed by atoms with E-state index in [0.717, 1.165) is 25.2 Å². The SMILES string of the molecule is ClCCCCOc1ccc(-c2cc3ccccn3c2)cc1. The summed E-state index contributed by atoms with van der Waals surface area (Å²) in [5, 5.41) is 0. The molecule has 3 heteroatoms. The van der Waals surface area contributed by atoms with Crippen molar-refractivity contribution in [2.45, 2.75) is 12.8 Å². The molecule has 108 valence electrons. The van der Waals surface area contributed by atoms with Crippen LogP contribution in [0.15, 0.2) is 60.9 Å². The monoisotopic (exact) mass is 299 g/mol. The van der Waals surface area contributed by atoms with Gasteiger partial charge in [-0.1, -0.05) is 18.2 Å². The Kier molecular flexibility index (Phi) is 4.46. The zero-order chi connectivity index (χ0) is 14.5. The van der Waals surface area contributed by atoms with Gasteiger partial charge in [-0.15, -0.1) is 11.6 Å². The van der Waals surface area contributed by atoms with Crippen LogP contribution in [0.3, 0.4) is 0 Å². The fraction of sp³-hybridized carbons (Fsp3) is 0.222. The number of hydrogen-bond acceptors (Lipinski definition) is 1. The molecular formula is C18H18ClNO. The van der Waals surface area contributed by atoms with Gasteiger partial charge in [0.2, 0.25) is 0 Å². The van der Waals surface area contributed by atoms with Crippen molar-refractivity contribution in [2.24, 2.45) is 0 Å². The van der Waals surface area contributed by atoms with E-state index in [1.54, 1.807) is 0 Å². The first-order valence-corrected chi connectivity index (χ1v) is 7.76. The maximum Gasteiger partial charge on any atom is 0.119 e. The van der Waals surface area contributed by atoms with Crippen LogP contribution in [-0.2, 0) is 0 Å². The highest BCUT2D eigenvalue weighted by Gasteiger charge is 2.02. The third-order valence-electron chi connectivity index (χ3n) is 3.49. The Balaban J connectivity index is 1.71. The highest BCUT2D eigenvalue weighted by Crippen LogP contribution is 2.24. The fourth-order valence-electron chi connectivity index (χ4n) is 2.34. The predicted molar refractivity (Wildman–Crippen MR) is 88.3 cm³/mol. The lowest BCUT2D eigenvalue weighted by Crippen LogP contribution is -1.97. The summed E-state index contributed by atoms with van der Waals surface area (Å²) >= 11 is 5.65. The second-order valence-electron chi connectivity index (χ2n) is 5.03. The molecule has 3 aromatic rings. The summed E-state index contributed by atoms with van der Waals surface area (Å²) in [5.74, 6) is 1.61. The lowest BCUT2D eigenvalue weighted by Gasteiger charge is -2.06. The van der Waals surface area contributed by atoms with Crippen molar-refractivity contribution in [3.05, 3.63) is 60.9 Å². The molecule has 0 bridgehead atoms. The summed E-state index contributed by atoms with van der Waals surface area (Å²) in [6, 6.07) is 16.6. The van der Waals surface area contributed by atoms with Crippen molar-refractivity contribution in [1.82, 2.24) is 4.40 Å². The van der Waals surface area contributed by atoms with Gasteiger partial charge >= 0.3 is 0 Å². The summed E-state index contributed by atoms with van der Waals surface area (Å²) < 4.78 is 7.82. The van der Waals surface area contributed by atoms with Crippen LogP contribution < -0.4 is 4.74 Å². The molecule has 1 aromatic carbocycles. The molecule has 0 spiro atoms. The van der Waals surface area contributed by atoms with E-state index in [1.165, 1.54) is 16.6 Å². The predicted octanol–water partition coefficient (Wildman–Crippen LogP) is 5.00. The van der Waals surface area contributed by atoms with Crippen molar-refractivity contribution >= 4 is 17.1 Å². The highest BCUT2D eigenvalue weighted by molar-refractivity contribution is 6.17. The number of benzene rings is 1. The minimum atomic E-state index is 0.699. The lowest BCUT2D eigenvalue weighted by atomic mass is 10.1. The number of aromatic nitrogens is 1. The first-order chi connectivity index (χ1) is 10.4. The topological polar surface area (TPSA) is 13.6 Å². The Bertz CT molecular complexity index is 670. The smallest absolute Gasteiger partial charge is 0.119 e. The number of unbranched alkanes of at least 4 members (excludes halogenated alkanes) is 1. The second kappa shape index (κ2) is 6.68. The van der Waals surface area contributed by atoms with E-state index in [4.69, 9.17) is 16.3 Å². The van der Waals surface area contributed by atoms with Gasteiger partial charge in [0.15, 0.2) is 0 Å². The van der Waals surface area contributed by atoms with Gasteiger partial charge in [0.25, 0.3) is 0 Å². The average molecular weight is 300 g/mol. The summed E-state index contributed by atoms with van der Waals surface area (Å²) in [6.07, 6.45) is 6.20. The van der Waals surface area contributed by atoms with E-state index in [2.05, 4.69) is 47.1 Å². The minimum absolute atomic E-state index is 0.699. The van der Waals surface area contributed by atoms with Gasteiger partial charge in [-0.3, -0.25) is 0 Å². The van der Waals surface area contributed by atoms with E-state index in [0.29, 0.717) is 5.88 Å². The standard InChI is InChI=1S/C18H18ClNO/c19-10-2-4-12-21-18-8-6-15(7-9-18)16-13-17-5-1-3-11-20(17)14-16/h1,3,5-9,11,13-14H,2,4,10,12H2. The fourth-order valence-corrected chi connectivity index (χ4v) is 2.53. The normalized spacial score (nSPS) is 10.9. The third kappa shape index (κ3) is 3.40. The number of nitrogens with zero attached hydrogens (tertiary/aromatic N) is 1. The van der Waals surface area contributed by atoms with Crippen molar-refractivity contribution in [3.63, 3.8) is 0 Å². The Labute approximate surface area is 129 Å². The summed E-state index contributed by atoms with van der Waals surface area (Å²) in [4.78, 5) is 0. The molecule has 3 rings (SSSR count). The van der Waals surface area contributed by atoms with E-state index >= 15 is 0 Å². The molecule has 0 saturated carbocycles. The van der Waals surface area contributed by atoms with Gasteiger partial charge in [-0.25, -0.2) is 0 Å². The molecule has 0 aliphatic carbocycles. The van der Waals surface area contributed by atoms with Gasteiger partial charge < -0.3 is 9.14 Å². The highest BCUT2D eigenvalue weighted by atomic mass is 35.5. The molecule has 0 fully saturated rings. The Morgan fingerprint density at radius 3 is 2.57 bits per heavy atom. The van der Waals surface area contributed by atoms with Gasteiger partial charge in [-0.2, -0.15) is 0 Å². The van der Waals surface area contributed by atoms with Crippen LogP contribution in [0, 0.1) is 0 Å². The number of hydrogen-bond donors (Lipinski definition) is 0. The molecule has 2 nitrogen and oxygen atoms in total. The largest absolute Gasteiger partial charge is 0.494 e. The van der Waals surface area contributed by atoms with E-state index in [-0.39, 0.29) is 0 Å². The number of pyridine rings is 1. The average Bonchev–Trinajstić information content (AvgIpc) is 2.96. The maximum absolute atomic E-state index is 5.69. The van der Waals surface area contributed by atoms with Crippen LogP contribution in [0.25, 0.3) is 16.6 Å². The van der Waals surface area contributed by atoms with Gasteiger partial charge in [0, 0.05) is 29.4 Å². The molecule has 0 unspecified atom stereocenters. The Morgan fingerprint density at radius 2 is 1.81 bits per heavy atom. The van der Waals surface area contributed by atoms with Crippen LogP contribution in [0.1, 0.15) is 12.8 Å². The lowest BCUT2D eigenvalue weighted by molar-refractivity contribution is 0.310. The number of alkyl halides is 1. The minimum Gasteiger partial charge on any atom is -0.494 e. The molecule has 0 aliphatic rings. The van der Waals surface area contributed by atoms with Gasteiger partial charge in [0.05, 0.1) is 6.61 Å². The summed E-state index contributed by atoms with van der Waals surface area (Å²) in [7, 11) is 0. The quantitative estimate of drug-likeness (QED) is 0.461.